The summed E-state index contributed by atoms with van der Waals surface area (Å²) in [6.45, 7) is 4.10. The zero-order valence-corrected chi connectivity index (χ0v) is 16.4. The van der Waals surface area contributed by atoms with Crippen LogP contribution in [0.3, 0.4) is 0 Å². The van der Waals surface area contributed by atoms with Crippen molar-refractivity contribution in [3.63, 3.8) is 0 Å². The Balaban J connectivity index is 1.81. The number of benzene rings is 3. The molecule has 0 fully saturated rings. The lowest BCUT2D eigenvalue weighted by atomic mass is 9.95. The van der Waals surface area contributed by atoms with Crippen LogP contribution in [0.4, 0.5) is 0 Å². The molecular weight excluding hydrogens is 344 g/mol. The molecule has 1 heterocycles. The van der Waals surface area contributed by atoms with E-state index in [1.165, 1.54) is 5.56 Å². The Kier molecular flexibility index (Phi) is 4.74. The second-order valence-electron chi connectivity index (χ2n) is 7.38. The highest BCUT2D eigenvalue weighted by atomic mass is 16.2. The number of carbonyl (C=O) groups excluding carboxylic acids is 1. The molecule has 0 bridgehead atoms. The number of hydrogen-bond acceptors (Lipinski definition) is 1. The van der Waals surface area contributed by atoms with Crippen LogP contribution in [0.5, 0.6) is 0 Å². The SMILES string of the molecule is Cc1ccc(C(=O)N(C)[C@H](c2ccc(C)cc2)c2c[nH]c3ccccc23)cc1. The number of rotatable bonds is 4. The average Bonchev–Trinajstić information content (AvgIpc) is 3.13. The number of fused-ring (bicyclic) bond motifs is 1. The predicted octanol–water partition coefficient (Wildman–Crippen LogP) is 5.65. The lowest BCUT2D eigenvalue weighted by Crippen LogP contribution is -2.32. The summed E-state index contributed by atoms with van der Waals surface area (Å²) in [7, 11) is 1.88. The number of amides is 1. The van der Waals surface area contributed by atoms with Crippen molar-refractivity contribution in [2.75, 3.05) is 7.05 Å². The quantitative estimate of drug-likeness (QED) is 0.497. The minimum Gasteiger partial charge on any atom is -0.361 e. The molecule has 1 amide bonds. The maximum Gasteiger partial charge on any atom is 0.254 e. The van der Waals surface area contributed by atoms with E-state index in [0.29, 0.717) is 5.56 Å². The Bertz CT molecular complexity index is 1110. The van der Waals surface area contributed by atoms with Crippen LogP contribution in [0.2, 0.25) is 0 Å². The van der Waals surface area contributed by atoms with E-state index in [0.717, 1.165) is 27.6 Å². The molecule has 0 saturated heterocycles. The van der Waals surface area contributed by atoms with E-state index in [1.807, 2.05) is 61.5 Å². The van der Waals surface area contributed by atoms with Crippen molar-refractivity contribution in [2.45, 2.75) is 19.9 Å². The first-order valence-corrected chi connectivity index (χ1v) is 9.51. The molecule has 4 aromatic rings. The fourth-order valence-corrected chi connectivity index (χ4v) is 3.70. The van der Waals surface area contributed by atoms with Gasteiger partial charge in [-0.1, -0.05) is 65.7 Å². The van der Waals surface area contributed by atoms with Gasteiger partial charge >= 0.3 is 0 Å². The monoisotopic (exact) mass is 368 g/mol. The van der Waals surface area contributed by atoms with E-state index in [9.17, 15) is 4.79 Å². The van der Waals surface area contributed by atoms with Crippen molar-refractivity contribution in [1.82, 2.24) is 9.88 Å². The third-order valence-corrected chi connectivity index (χ3v) is 5.32. The second kappa shape index (κ2) is 7.35. The van der Waals surface area contributed by atoms with Gasteiger partial charge in [0.25, 0.3) is 5.91 Å². The maximum atomic E-state index is 13.3. The first-order valence-electron chi connectivity index (χ1n) is 9.51. The molecule has 0 aliphatic rings. The molecule has 3 aromatic carbocycles. The predicted molar refractivity (Wildman–Crippen MR) is 115 cm³/mol. The molecule has 4 rings (SSSR count). The maximum absolute atomic E-state index is 13.3. The largest absolute Gasteiger partial charge is 0.361 e. The van der Waals surface area contributed by atoms with Crippen LogP contribution in [0, 0.1) is 13.8 Å². The molecule has 0 aliphatic carbocycles. The molecule has 140 valence electrons. The molecule has 28 heavy (non-hydrogen) atoms. The first-order chi connectivity index (χ1) is 13.5. The Hall–Kier alpha value is -3.33. The standard InChI is InChI=1S/C25H24N2O/c1-17-8-12-19(13-9-17)24(22-16-26-23-7-5-4-6-21(22)23)27(3)25(28)20-14-10-18(2)11-15-20/h4-16,24,26H,1-3H3/t24-/m1/s1. The number of aromatic amines is 1. The number of aromatic nitrogens is 1. The van der Waals surface area contributed by atoms with Gasteiger partial charge in [0.2, 0.25) is 0 Å². The second-order valence-corrected chi connectivity index (χ2v) is 7.38. The van der Waals surface area contributed by atoms with Crippen LogP contribution >= 0.6 is 0 Å². The van der Waals surface area contributed by atoms with Gasteiger partial charge in [-0.15, -0.1) is 0 Å². The minimum atomic E-state index is -0.175. The van der Waals surface area contributed by atoms with Crippen LogP contribution in [0.1, 0.15) is 38.7 Å². The lowest BCUT2D eigenvalue weighted by Gasteiger charge is -2.29. The fraction of sp³-hybridized carbons (Fsp3) is 0.160. The summed E-state index contributed by atoms with van der Waals surface area (Å²) in [5, 5.41) is 1.14. The molecule has 1 aromatic heterocycles. The van der Waals surface area contributed by atoms with Gasteiger partial charge in [-0.05, 0) is 37.6 Å². The third kappa shape index (κ3) is 3.31. The number of para-hydroxylation sites is 1. The zero-order chi connectivity index (χ0) is 19.7. The van der Waals surface area contributed by atoms with Crippen LogP contribution < -0.4 is 0 Å². The molecular formula is C25H24N2O. The highest BCUT2D eigenvalue weighted by Gasteiger charge is 2.26. The van der Waals surface area contributed by atoms with Gasteiger partial charge in [0.05, 0.1) is 6.04 Å². The van der Waals surface area contributed by atoms with Crippen molar-refractivity contribution in [2.24, 2.45) is 0 Å². The van der Waals surface area contributed by atoms with Crippen LogP contribution in [-0.4, -0.2) is 22.8 Å². The highest BCUT2D eigenvalue weighted by Crippen LogP contribution is 2.34. The van der Waals surface area contributed by atoms with E-state index in [-0.39, 0.29) is 11.9 Å². The van der Waals surface area contributed by atoms with Gasteiger partial charge in [-0.25, -0.2) is 0 Å². The highest BCUT2D eigenvalue weighted by molar-refractivity contribution is 5.95. The van der Waals surface area contributed by atoms with Gasteiger partial charge in [0.15, 0.2) is 0 Å². The number of carbonyl (C=O) groups is 1. The Morgan fingerprint density at radius 2 is 1.46 bits per heavy atom. The normalized spacial score (nSPS) is 12.1. The summed E-state index contributed by atoms with van der Waals surface area (Å²) < 4.78 is 0. The van der Waals surface area contributed by atoms with Crippen molar-refractivity contribution < 1.29 is 4.79 Å². The van der Waals surface area contributed by atoms with Crippen molar-refractivity contribution in [1.29, 1.82) is 0 Å². The minimum absolute atomic E-state index is 0.0101. The Morgan fingerprint density at radius 3 is 2.14 bits per heavy atom. The first kappa shape index (κ1) is 18.1. The number of hydrogen-bond donors (Lipinski definition) is 1. The molecule has 1 atom stereocenters. The smallest absolute Gasteiger partial charge is 0.254 e. The summed E-state index contributed by atoms with van der Waals surface area (Å²) >= 11 is 0. The van der Waals surface area contributed by atoms with Crippen molar-refractivity contribution in [3.05, 3.63) is 107 Å². The summed E-state index contributed by atoms with van der Waals surface area (Å²) in [6, 6.07) is 24.2. The van der Waals surface area contributed by atoms with Gasteiger partial charge in [0, 0.05) is 35.3 Å². The van der Waals surface area contributed by atoms with Crippen LogP contribution in [0.15, 0.2) is 79.0 Å². The molecule has 0 aliphatic heterocycles. The summed E-state index contributed by atoms with van der Waals surface area (Å²) in [4.78, 5) is 18.5. The molecule has 3 heteroatoms. The summed E-state index contributed by atoms with van der Waals surface area (Å²) in [6.07, 6.45) is 2.02. The van der Waals surface area contributed by atoms with Crippen molar-refractivity contribution in [3.8, 4) is 0 Å². The molecule has 0 saturated carbocycles. The van der Waals surface area contributed by atoms with Gasteiger partial charge in [0.1, 0.15) is 0 Å². The van der Waals surface area contributed by atoms with Crippen LogP contribution in [-0.2, 0) is 0 Å². The van der Waals surface area contributed by atoms with Gasteiger partial charge < -0.3 is 9.88 Å². The van der Waals surface area contributed by atoms with Crippen LogP contribution in [0.25, 0.3) is 10.9 Å². The number of nitrogens with one attached hydrogen (secondary N) is 1. The van der Waals surface area contributed by atoms with E-state index < -0.39 is 0 Å². The zero-order valence-electron chi connectivity index (χ0n) is 16.4. The Morgan fingerprint density at radius 1 is 0.857 bits per heavy atom. The molecule has 3 nitrogen and oxygen atoms in total. The van der Waals surface area contributed by atoms with E-state index in [4.69, 9.17) is 0 Å². The molecule has 0 spiro atoms. The van der Waals surface area contributed by atoms with Crippen molar-refractivity contribution >= 4 is 16.8 Å². The topological polar surface area (TPSA) is 36.1 Å². The molecule has 0 unspecified atom stereocenters. The van der Waals surface area contributed by atoms with E-state index in [2.05, 4.69) is 48.3 Å². The molecule has 1 N–H and O–H groups in total. The average molecular weight is 368 g/mol. The fourth-order valence-electron chi connectivity index (χ4n) is 3.70. The third-order valence-electron chi connectivity index (χ3n) is 5.32. The van der Waals surface area contributed by atoms with E-state index in [1.54, 1.807) is 0 Å². The Labute approximate surface area is 165 Å². The number of aryl methyl sites for hydroxylation is 2. The number of H-pyrrole nitrogens is 1. The summed E-state index contributed by atoms with van der Waals surface area (Å²) in [5.74, 6) is 0.0101. The summed E-state index contributed by atoms with van der Waals surface area (Å²) in [5.41, 5.74) is 6.32. The van der Waals surface area contributed by atoms with Gasteiger partial charge in [-0.3, -0.25) is 4.79 Å². The van der Waals surface area contributed by atoms with E-state index >= 15 is 0 Å². The number of nitrogens with zero attached hydrogens (tertiary/aromatic N) is 1. The van der Waals surface area contributed by atoms with Gasteiger partial charge in [-0.2, -0.15) is 0 Å². The molecule has 0 radical (unpaired) electrons. The lowest BCUT2D eigenvalue weighted by molar-refractivity contribution is 0.0756.